The van der Waals surface area contributed by atoms with E-state index in [-0.39, 0.29) is 5.97 Å². The van der Waals surface area contributed by atoms with Gasteiger partial charge in [-0.15, -0.1) is 0 Å². The van der Waals surface area contributed by atoms with Crippen LogP contribution in [-0.4, -0.2) is 5.97 Å². The number of benzene rings is 3. The van der Waals surface area contributed by atoms with Gasteiger partial charge >= 0.3 is 5.97 Å². The largest absolute Gasteiger partial charge is 0.489 e. The van der Waals surface area contributed by atoms with Crippen molar-refractivity contribution in [3.63, 3.8) is 0 Å². The molecule has 0 N–H and O–H groups in total. The summed E-state index contributed by atoms with van der Waals surface area (Å²) in [6.07, 6.45) is 8.50. The van der Waals surface area contributed by atoms with Crippen LogP contribution >= 0.6 is 0 Å². The second kappa shape index (κ2) is 11.3. The molecule has 3 aromatic carbocycles. The molecule has 0 aliphatic heterocycles. The van der Waals surface area contributed by atoms with E-state index in [0.717, 1.165) is 30.4 Å². The summed E-state index contributed by atoms with van der Waals surface area (Å²) in [7, 11) is 0. The van der Waals surface area contributed by atoms with E-state index in [9.17, 15) is 4.79 Å². The molecule has 3 nitrogen and oxygen atoms in total. The standard InChI is InChI=1S/C30H30O3/c1-23(31)33-30(27-17-9-4-10-18-27)29(26-15-7-3-8-16-26)32-21-20-24-12-11-19-28(22-24)25-13-5-2-6-14-25/h2-10,13-18,20-22,28-30H,11-12,19H2,1H3/b21-20+/t28-,29-,30-/m1/s1. The Morgan fingerprint density at radius 1 is 0.848 bits per heavy atom. The highest BCUT2D eigenvalue weighted by molar-refractivity contribution is 5.66. The van der Waals surface area contributed by atoms with Gasteiger partial charge in [-0.05, 0) is 47.6 Å². The van der Waals surface area contributed by atoms with Gasteiger partial charge in [0.15, 0.2) is 12.2 Å². The number of esters is 1. The Bertz CT molecular complexity index is 1070. The van der Waals surface area contributed by atoms with Gasteiger partial charge < -0.3 is 9.47 Å². The molecule has 0 aromatic heterocycles. The minimum Gasteiger partial charge on any atom is -0.489 e. The summed E-state index contributed by atoms with van der Waals surface area (Å²) < 4.78 is 12.0. The van der Waals surface area contributed by atoms with E-state index in [1.165, 1.54) is 18.1 Å². The van der Waals surface area contributed by atoms with Crippen LogP contribution in [-0.2, 0) is 14.3 Å². The van der Waals surface area contributed by atoms with Gasteiger partial charge in [0.2, 0.25) is 0 Å². The van der Waals surface area contributed by atoms with Crippen LogP contribution in [0.25, 0.3) is 0 Å². The first kappa shape index (κ1) is 22.6. The molecular weight excluding hydrogens is 408 g/mol. The number of carbonyl (C=O) groups excluding carboxylic acids is 1. The molecule has 0 amide bonds. The second-order valence-corrected chi connectivity index (χ2v) is 8.36. The molecule has 0 bridgehead atoms. The predicted molar refractivity (Wildman–Crippen MR) is 131 cm³/mol. The highest BCUT2D eigenvalue weighted by Crippen LogP contribution is 2.36. The minimum absolute atomic E-state index is 0.335. The van der Waals surface area contributed by atoms with E-state index < -0.39 is 12.2 Å². The van der Waals surface area contributed by atoms with Crippen molar-refractivity contribution < 1.29 is 14.3 Å². The van der Waals surface area contributed by atoms with Gasteiger partial charge in [0.05, 0.1) is 6.26 Å². The molecule has 0 unspecified atom stereocenters. The molecular formula is C30H30O3. The average Bonchev–Trinajstić information content (AvgIpc) is 2.87. The number of hydrogen-bond acceptors (Lipinski definition) is 3. The topological polar surface area (TPSA) is 35.5 Å². The first-order valence-electron chi connectivity index (χ1n) is 11.6. The molecule has 1 aliphatic carbocycles. The number of ether oxygens (including phenoxy) is 2. The summed E-state index contributed by atoms with van der Waals surface area (Å²) in [6, 6.07) is 30.3. The second-order valence-electron chi connectivity index (χ2n) is 8.36. The summed E-state index contributed by atoms with van der Waals surface area (Å²) in [5, 5.41) is 0. The highest BCUT2D eigenvalue weighted by Gasteiger charge is 2.28. The van der Waals surface area contributed by atoms with Crippen molar-refractivity contribution in [1.29, 1.82) is 0 Å². The van der Waals surface area contributed by atoms with Gasteiger partial charge in [-0.3, -0.25) is 4.79 Å². The normalized spacial score (nSPS) is 17.7. The van der Waals surface area contributed by atoms with Crippen LogP contribution in [0, 0.1) is 0 Å². The molecule has 0 radical (unpaired) electrons. The lowest BCUT2D eigenvalue weighted by Crippen LogP contribution is -2.18. The van der Waals surface area contributed by atoms with Crippen molar-refractivity contribution in [1.82, 2.24) is 0 Å². The van der Waals surface area contributed by atoms with E-state index in [0.29, 0.717) is 5.92 Å². The third kappa shape index (κ3) is 6.23. The molecule has 1 aliphatic rings. The van der Waals surface area contributed by atoms with Crippen LogP contribution in [0.15, 0.2) is 115 Å². The molecule has 0 spiro atoms. The fourth-order valence-corrected chi connectivity index (χ4v) is 4.36. The number of hydrogen-bond donors (Lipinski definition) is 0. The molecule has 0 fully saturated rings. The Kier molecular flexibility index (Phi) is 7.76. The molecule has 0 saturated carbocycles. The smallest absolute Gasteiger partial charge is 0.303 e. The van der Waals surface area contributed by atoms with Crippen LogP contribution in [0.1, 0.15) is 61.0 Å². The Hall–Kier alpha value is -3.59. The van der Waals surface area contributed by atoms with Crippen molar-refractivity contribution in [2.75, 3.05) is 0 Å². The highest BCUT2D eigenvalue weighted by atomic mass is 16.6. The van der Waals surface area contributed by atoms with Gasteiger partial charge in [-0.2, -0.15) is 0 Å². The van der Waals surface area contributed by atoms with Crippen LogP contribution < -0.4 is 0 Å². The molecule has 168 valence electrons. The van der Waals surface area contributed by atoms with Gasteiger partial charge in [0, 0.05) is 12.8 Å². The van der Waals surface area contributed by atoms with Gasteiger partial charge in [0.1, 0.15) is 0 Å². The fraction of sp³-hybridized carbons (Fsp3) is 0.233. The molecule has 3 aromatic rings. The Labute approximate surface area is 196 Å². The third-order valence-corrected chi connectivity index (χ3v) is 5.95. The molecule has 4 rings (SSSR count). The third-order valence-electron chi connectivity index (χ3n) is 5.95. The van der Waals surface area contributed by atoms with Crippen molar-refractivity contribution in [3.8, 4) is 0 Å². The Morgan fingerprint density at radius 3 is 2.03 bits per heavy atom. The molecule has 3 heteroatoms. The van der Waals surface area contributed by atoms with Gasteiger partial charge in [-0.1, -0.05) is 97.1 Å². The summed E-state index contributed by atoms with van der Waals surface area (Å²) in [4.78, 5) is 12.0. The Morgan fingerprint density at radius 2 is 1.42 bits per heavy atom. The first-order valence-corrected chi connectivity index (χ1v) is 11.6. The molecule has 33 heavy (non-hydrogen) atoms. The van der Waals surface area contributed by atoms with Crippen LogP contribution in [0.5, 0.6) is 0 Å². The summed E-state index contributed by atoms with van der Waals surface area (Å²) in [6.45, 7) is 1.43. The first-order chi connectivity index (χ1) is 16.2. The zero-order valence-corrected chi connectivity index (χ0v) is 19.0. The lowest BCUT2D eigenvalue weighted by atomic mass is 9.86. The zero-order valence-electron chi connectivity index (χ0n) is 19.0. The van der Waals surface area contributed by atoms with Crippen molar-refractivity contribution in [2.24, 2.45) is 0 Å². The van der Waals surface area contributed by atoms with E-state index in [4.69, 9.17) is 9.47 Å². The maximum absolute atomic E-state index is 12.0. The number of allylic oxidation sites excluding steroid dienone is 3. The number of rotatable bonds is 8. The Balaban J connectivity index is 1.57. The lowest BCUT2D eigenvalue weighted by Gasteiger charge is -2.27. The summed E-state index contributed by atoms with van der Waals surface area (Å²) in [5.74, 6) is 0.0979. The fourth-order valence-electron chi connectivity index (χ4n) is 4.36. The van der Waals surface area contributed by atoms with Crippen LogP contribution in [0.3, 0.4) is 0 Å². The molecule has 0 heterocycles. The minimum atomic E-state index is -0.548. The van der Waals surface area contributed by atoms with E-state index in [2.05, 4.69) is 42.5 Å². The van der Waals surface area contributed by atoms with Crippen LogP contribution in [0.2, 0.25) is 0 Å². The van der Waals surface area contributed by atoms with Gasteiger partial charge in [-0.25, -0.2) is 0 Å². The van der Waals surface area contributed by atoms with Crippen molar-refractivity contribution in [2.45, 2.75) is 44.3 Å². The van der Waals surface area contributed by atoms with Crippen molar-refractivity contribution >= 4 is 5.97 Å². The summed E-state index contributed by atoms with van der Waals surface area (Å²) in [5.41, 5.74) is 4.48. The zero-order chi connectivity index (χ0) is 22.9. The lowest BCUT2D eigenvalue weighted by molar-refractivity contribution is -0.153. The molecule has 0 saturated heterocycles. The van der Waals surface area contributed by atoms with Gasteiger partial charge in [0.25, 0.3) is 0 Å². The maximum atomic E-state index is 12.0. The SMILES string of the molecule is CC(=O)O[C@H](c1ccccc1)[C@H](O/C=C/C1=C[C@H](c2ccccc2)CCC1)c1ccccc1. The molecule has 3 atom stereocenters. The van der Waals surface area contributed by atoms with Crippen molar-refractivity contribution in [3.05, 3.63) is 132 Å². The quantitative estimate of drug-likeness (QED) is 0.270. The van der Waals surface area contributed by atoms with Crippen LogP contribution in [0.4, 0.5) is 0 Å². The van der Waals surface area contributed by atoms with E-state index in [1.54, 1.807) is 6.26 Å². The number of carbonyl (C=O) groups is 1. The predicted octanol–water partition coefficient (Wildman–Crippen LogP) is 7.46. The monoisotopic (exact) mass is 438 g/mol. The average molecular weight is 439 g/mol. The van der Waals surface area contributed by atoms with E-state index >= 15 is 0 Å². The maximum Gasteiger partial charge on any atom is 0.303 e. The summed E-state index contributed by atoms with van der Waals surface area (Å²) >= 11 is 0. The van der Waals surface area contributed by atoms with E-state index in [1.807, 2.05) is 60.7 Å².